The van der Waals surface area contributed by atoms with Gasteiger partial charge in [0.25, 0.3) is 11.8 Å². The standard InChI is InChI=1S/C30H26FN5O5/c1-2-40-30(39)25-22(15-17-7-9-18(31)10-8-17)33-27-23-6-3-13-36(23)29(38)26(27)24(25)20-11-12-21(35-34-20)28(37)32-16-19-5-4-14-41-19/h4-5,7-12,14,23H,2-3,6,13,15-16H2,1H3,(H,32,37). The van der Waals surface area contributed by atoms with E-state index in [0.29, 0.717) is 29.3 Å². The molecular weight excluding hydrogens is 529 g/mol. The third-order valence-corrected chi connectivity index (χ3v) is 7.26. The number of rotatable bonds is 8. The summed E-state index contributed by atoms with van der Waals surface area (Å²) in [6.45, 7) is 2.56. The summed E-state index contributed by atoms with van der Waals surface area (Å²) in [5.41, 5.74) is 2.69. The number of halogens is 1. The van der Waals surface area contributed by atoms with Crippen molar-refractivity contribution in [1.82, 2.24) is 25.4 Å². The molecule has 2 amide bonds. The van der Waals surface area contributed by atoms with E-state index in [9.17, 15) is 18.8 Å². The molecule has 1 unspecified atom stereocenters. The first-order valence-electron chi connectivity index (χ1n) is 13.4. The highest BCUT2D eigenvalue weighted by molar-refractivity contribution is 6.10. The van der Waals surface area contributed by atoms with Crippen molar-refractivity contribution in [1.29, 1.82) is 0 Å². The second-order valence-electron chi connectivity index (χ2n) is 9.81. The highest BCUT2D eigenvalue weighted by Gasteiger charge is 2.45. The second kappa shape index (κ2) is 10.9. The lowest BCUT2D eigenvalue weighted by molar-refractivity contribution is 0.0525. The number of carbonyl (C=O) groups is 3. The Bertz CT molecular complexity index is 1620. The Labute approximate surface area is 234 Å². The van der Waals surface area contributed by atoms with E-state index in [2.05, 4.69) is 15.5 Å². The molecule has 41 heavy (non-hydrogen) atoms. The van der Waals surface area contributed by atoms with Gasteiger partial charge < -0.3 is 19.4 Å². The summed E-state index contributed by atoms with van der Waals surface area (Å²) >= 11 is 0. The molecule has 0 radical (unpaired) electrons. The van der Waals surface area contributed by atoms with Gasteiger partial charge in [-0.15, -0.1) is 10.2 Å². The van der Waals surface area contributed by atoms with Crippen LogP contribution in [0.1, 0.15) is 79.7 Å². The number of carbonyl (C=O) groups excluding carboxylic acids is 3. The Morgan fingerprint density at radius 2 is 1.95 bits per heavy atom. The minimum absolute atomic E-state index is 0.0576. The van der Waals surface area contributed by atoms with E-state index in [1.165, 1.54) is 24.5 Å². The molecule has 6 rings (SSSR count). The lowest BCUT2D eigenvalue weighted by Crippen LogP contribution is -2.24. The third kappa shape index (κ3) is 4.94. The smallest absolute Gasteiger partial charge is 0.340 e. The van der Waals surface area contributed by atoms with Gasteiger partial charge >= 0.3 is 5.97 Å². The van der Waals surface area contributed by atoms with Gasteiger partial charge in [0.1, 0.15) is 11.6 Å². The van der Waals surface area contributed by atoms with E-state index in [4.69, 9.17) is 14.1 Å². The van der Waals surface area contributed by atoms with Gasteiger partial charge in [-0.2, -0.15) is 0 Å². The molecule has 3 aromatic heterocycles. The quantitative estimate of drug-likeness (QED) is 0.320. The van der Waals surface area contributed by atoms with Crippen molar-refractivity contribution in [2.75, 3.05) is 13.2 Å². The summed E-state index contributed by atoms with van der Waals surface area (Å²) < 4.78 is 24.3. The summed E-state index contributed by atoms with van der Waals surface area (Å²) in [6, 6.07) is 12.2. The van der Waals surface area contributed by atoms with Gasteiger partial charge in [-0.05, 0) is 61.7 Å². The molecule has 208 valence electrons. The van der Waals surface area contributed by atoms with Crippen molar-refractivity contribution in [3.63, 3.8) is 0 Å². The van der Waals surface area contributed by atoms with Gasteiger partial charge in [0.05, 0.1) is 53.7 Å². The van der Waals surface area contributed by atoms with Gasteiger partial charge in [-0.25, -0.2) is 9.18 Å². The number of ether oxygens (including phenoxy) is 1. The molecule has 1 N–H and O–H groups in total. The fraction of sp³-hybridized carbons (Fsp3) is 0.267. The Morgan fingerprint density at radius 1 is 1.12 bits per heavy atom. The fourth-order valence-electron chi connectivity index (χ4n) is 5.41. The molecule has 4 aromatic rings. The van der Waals surface area contributed by atoms with Crippen molar-refractivity contribution in [3.05, 3.63) is 100 Å². The number of nitrogens with zero attached hydrogens (tertiary/aromatic N) is 4. The number of benzene rings is 1. The molecule has 0 spiro atoms. The van der Waals surface area contributed by atoms with Crippen molar-refractivity contribution < 1.29 is 27.9 Å². The normalized spacial score (nSPS) is 15.5. The van der Waals surface area contributed by atoms with Crippen molar-refractivity contribution in [2.24, 2.45) is 0 Å². The largest absolute Gasteiger partial charge is 0.467 e. The third-order valence-electron chi connectivity index (χ3n) is 7.26. The van der Waals surface area contributed by atoms with E-state index in [-0.39, 0.29) is 59.9 Å². The molecule has 0 saturated carbocycles. The first-order chi connectivity index (χ1) is 19.9. The van der Waals surface area contributed by atoms with E-state index >= 15 is 0 Å². The molecule has 0 bridgehead atoms. The van der Waals surface area contributed by atoms with Crippen LogP contribution in [-0.2, 0) is 17.7 Å². The first kappa shape index (κ1) is 26.3. The lowest BCUT2D eigenvalue weighted by atomic mass is 9.92. The zero-order valence-electron chi connectivity index (χ0n) is 22.2. The summed E-state index contributed by atoms with van der Waals surface area (Å²) in [5.74, 6) is -1.14. The van der Waals surface area contributed by atoms with Gasteiger partial charge in [0.15, 0.2) is 5.69 Å². The lowest BCUT2D eigenvalue weighted by Gasteiger charge is -2.17. The second-order valence-corrected chi connectivity index (χ2v) is 9.81. The SMILES string of the molecule is CCOC(=O)c1c(Cc2ccc(F)cc2)nc2c(c1-c1ccc(C(=O)NCc3ccco3)nn1)C(=O)N1CCCC21. The number of pyridine rings is 1. The average molecular weight is 556 g/mol. The van der Waals surface area contributed by atoms with E-state index < -0.39 is 11.9 Å². The van der Waals surface area contributed by atoms with Gasteiger partial charge in [-0.1, -0.05) is 12.1 Å². The molecule has 2 aliphatic heterocycles. The number of nitrogens with one attached hydrogen (secondary N) is 1. The number of aromatic nitrogens is 3. The van der Waals surface area contributed by atoms with E-state index in [0.717, 1.165) is 18.4 Å². The monoisotopic (exact) mass is 555 g/mol. The van der Waals surface area contributed by atoms with Crippen LogP contribution in [0.4, 0.5) is 4.39 Å². The van der Waals surface area contributed by atoms with E-state index in [1.807, 2.05) is 0 Å². The first-order valence-corrected chi connectivity index (χ1v) is 13.4. The predicted octanol–water partition coefficient (Wildman–Crippen LogP) is 4.26. The predicted molar refractivity (Wildman–Crippen MR) is 143 cm³/mol. The van der Waals surface area contributed by atoms with Crippen molar-refractivity contribution in [2.45, 2.75) is 38.8 Å². The molecule has 1 aromatic carbocycles. The van der Waals surface area contributed by atoms with Gasteiger partial charge in [0, 0.05) is 18.5 Å². The Kier molecular flexibility index (Phi) is 7.00. The summed E-state index contributed by atoms with van der Waals surface area (Å²) in [4.78, 5) is 46.4. The molecule has 10 nitrogen and oxygen atoms in total. The van der Waals surface area contributed by atoms with Crippen LogP contribution in [-0.4, -0.2) is 51.0 Å². The molecule has 0 aliphatic carbocycles. The minimum atomic E-state index is -0.656. The Hall–Kier alpha value is -4.93. The van der Waals surface area contributed by atoms with Crippen LogP contribution in [0.3, 0.4) is 0 Å². The van der Waals surface area contributed by atoms with Gasteiger partial charge in [-0.3, -0.25) is 14.6 Å². The zero-order valence-corrected chi connectivity index (χ0v) is 22.2. The van der Waals surface area contributed by atoms with Crippen LogP contribution < -0.4 is 5.32 Å². The molecule has 1 fully saturated rings. The molecular formula is C30H26FN5O5. The summed E-state index contributed by atoms with van der Waals surface area (Å²) in [7, 11) is 0. The van der Waals surface area contributed by atoms with Crippen LogP contribution in [0.2, 0.25) is 0 Å². The molecule has 5 heterocycles. The maximum absolute atomic E-state index is 13.7. The minimum Gasteiger partial charge on any atom is -0.467 e. The Balaban J connectivity index is 1.45. The van der Waals surface area contributed by atoms with E-state index in [1.54, 1.807) is 42.2 Å². The highest BCUT2D eigenvalue weighted by atomic mass is 19.1. The summed E-state index contributed by atoms with van der Waals surface area (Å²) in [5, 5.41) is 11.1. The maximum atomic E-state index is 13.7. The molecule has 1 atom stereocenters. The number of furan rings is 1. The average Bonchev–Trinajstić information content (AvgIpc) is 3.73. The number of amides is 2. The summed E-state index contributed by atoms with van der Waals surface area (Å²) in [6.07, 6.45) is 3.32. The van der Waals surface area contributed by atoms with Crippen LogP contribution in [0.25, 0.3) is 11.3 Å². The van der Waals surface area contributed by atoms with Crippen molar-refractivity contribution >= 4 is 17.8 Å². The zero-order chi connectivity index (χ0) is 28.5. The molecule has 2 aliphatic rings. The topological polar surface area (TPSA) is 128 Å². The fourth-order valence-corrected chi connectivity index (χ4v) is 5.41. The maximum Gasteiger partial charge on any atom is 0.340 e. The van der Waals surface area contributed by atoms with Crippen LogP contribution in [0, 0.1) is 5.82 Å². The van der Waals surface area contributed by atoms with Crippen LogP contribution in [0.5, 0.6) is 0 Å². The van der Waals surface area contributed by atoms with Crippen LogP contribution in [0.15, 0.2) is 59.2 Å². The van der Waals surface area contributed by atoms with Crippen molar-refractivity contribution in [3.8, 4) is 11.3 Å². The van der Waals surface area contributed by atoms with Crippen LogP contribution >= 0.6 is 0 Å². The number of esters is 1. The molecule has 1 saturated heterocycles. The number of hydrogen-bond donors (Lipinski definition) is 1. The number of fused-ring (bicyclic) bond motifs is 3. The Morgan fingerprint density at radius 3 is 2.66 bits per heavy atom. The molecule has 11 heteroatoms. The number of hydrogen-bond acceptors (Lipinski definition) is 8. The highest BCUT2D eigenvalue weighted by Crippen LogP contribution is 2.45. The van der Waals surface area contributed by atoms with Gasteiger partial charge in [0.2, 0.25) is 0 Å².